The Balaban J connectivity index is 2.40. The largest absolute Gasteiger partial charge is 0.507 e. The van der Waals surface area contributed by atoms with Crippen LogP contribution in [0.5, 0.6) is 5.75 Å². The fourth-order valence-electron chi connectivity index (χ4n) is 1.96. The number of anilines is 2. The highest BCUT2D eigenvalue weighted by atomic mass is 16.3. The third-order valence-corrected chi connectivity index (χ3v) is 2.82. The van der Waals surface area contributed by atoms with Gasteiger partial charge in [-0.1, -0.05) is 17.7 Å². The van der Waals surface area contributed by atoms with Crippen molar-refractivity contribution < 1.29 is 5.11 Å². The Hall–Kier alpha value is -2.30. The topological polar surface area (TPSA) is 98.0 Å². The zero-order valence-electron chi connectivity index (χ0n) is 10.4. The first-order chi connectivity index (χ1) is 8.47. The van der Waals surface area contributed by atoms with Crippen LogP contribution in [0.2, 0.25) is 0 Å². The van der Waals surface area contributed by atoms with Gasteiger partial charge < -0.3 is 16.6 Å². The summed E-state index contributed by atoms with van der Waals surface area (Å²) < 4.78 is 0. The van der Waals surface area contributed by atoms with Gasteiger partial charge in [-0.15, -0.1) is 0 Å². The Morgan fingerprint density at radius 3 is 2.56 bits per heavy atom. The van der Waals surface area contributed by atoms with Gasteiger partial charge in [0, 0.05) is 18.2 Å². The van der Waals surface area contributed by atoms with Crippen LogP contribution in [-0.2, 0) is 6.42 Å². The number of hydrogen-bond donors (Lipinski definition) is 3. The van der Waals surface area contributed by atoms with Crippen molar-refractivity contribution in [2.45, 2.75) is 20.3 Å². The first kappa shape index (κ1) is 12.2. The van der Waals surface area contributed by atoms with Crippen molar-refractivity contribution >= 4 is 11.8 Å². The molecule has 5 heteroatoms. The summed E-state index contributed by atoms with van der Waals surface area (Å²) in [5, 5.41) is 10.0. The van der Waals surface area contributed by atoms with Gasteiger partial charge in [-0.05, 0) is 25.0 Å². The van der Waals surface area contributed by atoms with Gasteiger partial charge in [0.1, 0.15) is 11.6 Å². The fourth-order valence-corrected chi connectivity index (χ4v) is 1.96. The van der Waals surface area contributed by atoms with E-state index in [0.717, 1.165) is 22.3 Å². The first-order valence-electron chi connectivity index (χ1n) is 5.63. The van der Waals surface area contributed by atoms with Crippen molar-refractivity contribution in [1.29, 1.82) is 0 Å². The van der Waals surface area contributed by atoms with Gasteiger partial charge in [0.2, 0.25) is 5.95 Å². The van der Waals surface area contributed by atoms with Gasteiger partial charge in [0.25, 0.3) is 0 Å². The van der Waals surface area contributed by atoms with Crippen molar-refractivity contribution in [2.24, 2.45) is 0 Å². The number of phenolic OH excluding ortho intramolecular Hbond substituents is 1. The minimum absolute atomic E-state index is 0.154. The summed E-state index contributed by atoms with van der Waals surface area (Å²) in [6.07, 6.45) is 2.08. The molecule has 0 saturated carbocycles. The smallest absolute Gasteiger partial charge is 0.221 e. The molecular formula is C13H16N4O. The number of benzene rings is 1. The van der Waals surface area contributed by atoms with Gasteiger partial charge in [0.05, 0.1) is 0 Å². The average molecular weight is 244 g/mol. The Labute approximate surface area is 105 Å². The van der Waals surface area contributed by atoms with Crippen molar-refractivity contribution in [1.82, 2.24) is 9.97 Å². The van der Waals surface area contributed by atoms with E-state index in [2.05, 4.69) is 9.97 Å². The summed E-state index contributed by atoms with van der Waals surface area (Å²) in [5.41, 5.74) is 14.7. The van der Waals surface area contributed by atoms with Crippen LogP contribution in [0.1, 0.15) is 22.3 Å². The molecule has 0 atom stereocenters. The van der Waals surface area contributed by atoms with Gasteiger partial charge in [0.15, 0.2) is 0 Å². The predicted molar refractivity (Wildman–Crippen MR) is 71.2 cm³/mol. The second-order valence-corrected chi connectivity index (χ2v) is 4.41. The molecule has 0 fully saturated rings. The third kappa shape index (κ3) is 2.34. The molecule has 0 aliphatic carbocycles. The Kier molecular flexibility index (Phi) is 3.06. The molecule has 0 aliphatic heterocycles. The van der Waals surface area contributed by atoms with E-state index in [0.29, 0.717) is 12.2 Å². The highest BCUT2D eigenvalue weighted by Gasteiger charge is 2.09. The molecule has 0 saturated heterocycles. The zero-order valence-corrected chi connectivity index (χ0v) is 10.4. The molecule has 0 spiro atoms. The number of phenols is 1. The molecule has 0 bridgehead atoms. The summed E-state index contributed by atoms with van der Waals surface area (Å²) in [4.78, 5) is 7.82. The molecule has 0 aliphatic rings. The van der Waals surface area contributed by atoms with Crippen molar-refractivity contribution in [3.8, 4) is 5.75 Å². The second-order valence-electron chi connectivity index (χ2n) is 4.41. The van der Waals surface area contributed by atoms with Crippen LogP contribution < -0.4 is 11.5 Å². The normalized spacial score (nSPS) is 10.6. The van der Waals surface area contributed by atoms with Crippen molar-refractivity contribution in [2.75, 3.05) is 11.5 Å². The molecular weight excluding hydrogens is 228 g/mol. The maximum Gasteiger partial charge on any atom is 0.221 e. The maximum atomic E-state index is 10.0. The van der Waals surface area contributed by atoms with Crippen LogP contribution in [0.15, 0.2) is 18.3 Å². The number of nitrogen functional groups attached to an aromatic ring is 2. The summed E-state index contributed by atoms with van der Waals surface area (Å²) in [7, 11) is 0. The average Bonchev–Trinajstić information content (AvgIpc) is 2.29. The molecule has 2 aromatic rings. The lowest BCUT2D eigenvalue weighted by atomic mass is 10.0. The molecule has 0 amide bonds. The van der Waals surface area contributed by atoms with E-state index in [1.165, 1.54) is 0 Å². The lowest BCUT2D eigenvalue weighted by molar-refractivity contribution is 0.465. The fraction of sp³-hybridized carbons (Fsp3) is 0.231. The van der Waals surface area contributed by atoms with E-state index in [9.17, 15) is 5.11 Å². The van der Waals surface area contributed by atoms with E-state index in [1.54, 1.807) is 6.20 Å². The highest BCUT2D eigenvalue weighted by Crippen LogP contribution is 2.27. The number of nitrogens with zero attached hydrogens (tertiary/aromatic N) is 2. The van der Waals surface area contributed by atoms with Crippen molar-refractivity contribution in [3.05, 3.63) is 40.6 Å². The Bertz CT molecular complexity index is 596. The molecule has 18 heavy (non-hydrogen) atoms. The lowest BCUT2D eigenvalue weighted by Gasteiger charge is -2.10. The van der Waals surface area contributed by atoms with E-state index >= 15 is 0 Å². The monoisotopic (exact) mass is 244 g/mol. The summed E-state index contributed by atoms with van der Waals surface area (Å²) >= 11 is 0. The molecule has 0 radical (unpaired) electrons. The van der Waals surface area contributed by atoms with Gasteiger partial charge in [-0.2, -0.15) is 4.98 Å². The Morgan fingerprint density at radius 1 is 1.17 bits per heavy atom. The number of hydrogen-bond acceptors (Lipinski definition) is 5. The number of rotatable bonds is 2. The van der Waals surface area contributed by atoms with E-state index in [1.807, 2.05) is 26.0 Å². The maximum absolute atomic E-state index is 10.0. The number of nitrogens with two attached hydrogens (primary N) is 2. The van der Waals surface area contributed by atoms with E-state index in [4.69, 9.17) is 11.5 Å². The van der Waals surface area contributed by atoms with Crippen LogP contribution in [-0.4, -0.2) is 15.1 Å². The summed E-state index contributed by atoms with van der Waals surface area (Å²) in [6, 6.07) is 3.86. The lowest BCUT2D eigenvalue weighted by Crippen LogP contribution is -2.04. The molecule has 2 rings (SSSR count). The van der Waals surface area contributed by atoms with Gasteiger partial charge in [-0.3, -0.25) is 0 Å². The van der Waals surface area contributed by atoms with E-state index in [-0.39, 0.29) is 11.7 Å². The van der Waals surface area contributed by atoms with Crippen LogP contribution >= 0.6 is 0 Å². The van der Waals surface area contributed by atoms with Crippen LogP contribution in [0, 0.1) is 13.8 Å². The molecule has 5 nitrogen and oxygen atoms in total. The second kappa shape index (κ2) is 4.52. The molecule has 1 aromatic carbocycles. The predicted octanol–water partition coefficient (Wildman–Crippen LogP) is 1.55. The SMILES string of the molecule is Cc1cc(C)c(O)c(Cc2cnc(N)nc2N)c1. The third-order valence-electron chi connectivity index (χ3n) is 2.82. The standard InChI is InChI=1S/C13H16N4O/c1-7-3-8(2)11(18)9(4-7)5-10-6-16-13(15)17-12(10)14/h3-4,6,18H,5H2,1-2H3,(H4,14,15,16,17). The molecule has 1 heterocycles. The van der Waals surface area contributed by atoms with Crippen LogP contribution in [0.25, 0.3) is 0 Å². The van der Waals surface area contributed by atoms with Gasteiger partial charge >= 0.3 is 0 Å². The number of aromatic hydroxyl groups is 1. The van der Waals surface area contributed by atoms with Crippen LogP contribution in [0.3, 0.4) is 0 Å². The van der Waals surface area contributed by atoms with Crippen LogP contribution in [0.4, 0.5) is 11.8 Å². The van der Waals surface area contributed by atoms with Gasteiger partial charge in [-0.25, -0.2) is 4.98 Å². The summed E-state index contributed by atoms with van der Waals surface area (Å²) in [5.74, 6) is 0.791. The van der Waals surface area contributed by atoms with E-state index < -0.39 is 0 Å². The first-order valence-corrected chi connectivity index (χ1v) is 5.63. The number of aryl methyl sites for hydroxylation is 2. The molecule has 5 N–H and O–H groups in total. The zero-order chi connectivity index (χ0) is 13.3. The minimum Gasteiger partial charge on any atom is -0.507 e. The highest BCUT2D eigenvalue weighted by molar-refractivity contribution is 5.49. The minimum atomic E-state index is 0.154. The van der Waals surface area contributed by atoms with Crippen molar-refractivity contribution in [3.63, 3.8) is 0 Å². The Morgan fingerprint density at radius 2 is 1.89 bits per heavy atom. The number of aromatic nitrogens is 2. The molecule has 0 unspecified atom stereocenters. The molecule has 94 valence electrons. The summed E-state index contributed by atoms with van der Waals surface area (Å²) in [6.45, 7) is 3.85. The quantitative estimate of drug-likeness (QED) is 0.744. The molecule has 1 aromatic heterocycles.